The van der Waals surface area contributed by atoms with Gasteiger partial charge in [0.1, 0.15) is 11.3 Å². The highest BCUT2D eigenvalue weighted by molar-refractivity contribution is 7.89. The topological polar surface area (TPSA) is 128 Å². The van der Waals surface area contributed by atoms with E-state index in [1.807, 2.05) is 13.0 Å². The van der Waals surface area contributed by atoms with E-state index in [-0.39, 0.29) is 23.6 Å². The van der Waals surface area contributed by atoms with Crippen molar-refractivity contribution < 1.29 is 27.4 Å². The number of benzene rings is 1. The van der Waals surface area contributed by atoms with Crippen LogP contribution in [0.3, 0.4) is 0 Å². The van der Waals surface area contributed by atoms with E-state index in [0.29, 0.717) is 68.6 Å². The van der Waals surface area contributed by atoms with E-state index in [0.717, 1.165) is 43.4 Å². The van der Waals surface area contributed by atoms with Gasteiger partial charge in [0.25, 0.3) is 5.56 Å². The average molecular weight is 620 g/mol. The van der Waals surface area contributed by atoms with Crippen molar-refractivity contribution in [2.24, 2.45) is 7.05 Å². The summed E-state index contributed by atoms with van der Waals surface area (Å²) in [7, 11) is -0.579. The van der Waals surface area contributed by atoms with E-state index in [2.05, 4.69) is 21.9 Å². The van der Waals surface area contributed by atoms with Crippen molar-refractivity contribution in [1.82, 2.24) is 24.0 Å². The Morgan fingerprint density at radius 2 is 1.84 bits per heavy atom. The number of rotatable bonds is 17. The molecule has 13 heteroatoms. The lowest BCUT2D eigenvalue weighted by Crippen LogP contribution is -2.44. The molecule has 1 saturated heterocycles. The molecular formula is C30H45N5O7S. The van der Waals surface area contributed by atoms with Crippen molar-refractivity contribution in [2.75, 3.05) is 79.5 Å². The zero-order chi connectivity index (χ0) is 30.8. The van der Waals surface area contributed by atoms with Crippen molar-refractivity contribution in [1.29, 1.82) is 0 Å². The number of fused-ring (bicyclic) bond motifs is 1. The number of aryl methyl sites for hydroxylation is 2. The lowest BCUT2D eigenvalue weighted by Gasteiger charge is -2.30. The van der Waals surface area contributed by atoms with Gasteiger partial charge in [0.05, 0.1) is 55.9 Å². The summed E-state index contributed by atoms with van der Waals surface area (Å²) in [4.78, 5) is 18.5. The number of aromatic nitrogens is 3. The van der Waals surface area contributed by atoms with E-state index >= 15 is 0 Å². The highest BCUT2D eigenvalue weighted by Crippen LogP contribution is 2.34. The van der Waals surface area contributed by atoms with Crippen LogP contribution in [0.5, 0.6) is 5.75 Å². The normalized spacial score (nSPS) is 14.6. The number of hydrogen-bond donors (Lipinski definition) is 1. The Labute approximate surface area is 253 Å². The van der Waals surface area contributed by atoms with Crippen LogP contribution in [0.25, 0.3) is 22.2 Å². The third-order valence-corrected chi connectivity index (χ3v) is 9.32. The molecule has 4 rings (SSSR count). The predicted octanol–water partition coefficient (Wildman–Crippen LogP) is 2.66. The van der Waals surface area contributed by atoms with Crippen LogP contribution < -0.4 is 10.3 Å². The molecule has 238 valence electrons. The second-order valence-corrected chi connectivity index (χ2v) is 12.5. The third-order valence-electron chi connectivity index (χ3n) is 7.43. The minimum atomic E-state index is -3.93. The van der Waals surface area contributed by atoms with Crippen LogP contribution in [0.1, 0.15) is 32.4 Å². The summed E-state index contributed by atoms with van der Waals surface area (Å²) >= 11 is 0. The summed E-state index contributed by atoms with van der Waals surface area (Å²) in [5, 5.41) is 5.31. The third kappa shape index (κ3) is 8.22. The second-order valence-electron chi connectivity index (χ2n) is 10.6. The number of nitrogens with zero attached hydrogens (tertiary/aromatic N) is 4. The Bertz CT molecular complexity index is 1500. The fourth-order valence-electron chi connectivity index (χ4n) is 5.15. The molecule has 0 bridgehead atoms. The average Bonchev–Trinajstić information content (AvgIpc) is 3.32. The number of hydrogen-bond acceptors (Lipinski definition) is 9. The highest BCUT2D eigenvalue weighted by Gasteiger charge is 2.27. The van der Waals surface area contributed by atoms with E-state index in [1.54, 1.807) is 37.0 Å². The molecule has 1 N–H and O–H groups in total. The van der Waals surface area contributed by atoms with Crippen LogP contribution in [-0.4, -0.2) is 112 Å². The molecule has 0 aliphatic carbocycles. The molecule has 43 heavy (non-hydrogen) atoms. The number of H-pyrrole nitrogens is 1. The monoisotopic (exact) mass is 619 g/mol. The Kier molecular flexibility index (Phi) is 12.1. The van der Waals surface area contributed by atoms with Crippen molar-refractivity contribution in [3.8, 4) is 17.0 Å². The molecular weight excluding hydrogens is 574 g/mol. The van der Waals surface area contributed by atoms with Crippen molar-refractivity contribution in [3.63, 3.8) is 0 Å². The van der Waals surface area contributed by atoms with Gasteiger partial charge in [-0.15, -0.1) is 0 Å². The summed E-state index contributed by atoms with van der Waals surface area (Å²) in [6, 6.07) is 6.71. The number of morpholine rings is 1. The summed E-state index contributed by atoms with van der Waals surface area (Å²) in [6.07, 6.45) is 2.37. The SMILES string of the molecule is CCCOc1ccc(S(=O)(=O)N(CCOCCOC)CCN2CCOCC2)cc1-c1cc2c(CCC)nn(C)c2c(=O)[nH]1. The molecule has 12 nitrogen and oxygen atoms in total. The standard InChI is InChI=1S/C30H45N5O7S/c1-5-7-26-25-22-27(31-30(36)29(25)33(3)32-26)24-21-23(8-9-28(24)42-15-6-2)43(37,38)35(14-18-41-20-19-39-4)11-10-34-12-16-40-17-13-34/h8-9,21-22H,5-7,10-20H2,1-4H3,(H,31,36). The van der Waals surface area contributed by atoms with Gasteiger partial charge in [-0.05, 0) is 37.1 Å². The van der Waals surface area contributed by atoms with E-state index in [9.17, 15) is 13.2 Å². The van der Waals surface area contributed by atoms with Crippen molar-refractivity contribution in [3.05, 3.63) is 40.3 Å². The van der Waals surface area contributed by atoms with Crippen LogP contribution in [-0.2, 0) is 37.7 Å². The molecule has 1 fully saturated rings. The summed E-state index contributed by atoms with van der Waals surface area (Å²) in [5.41, 5.74) is 2.00. The Hall–Kier alpha value is -2.81. The number of methoxy groups -OCH3 is 1. The molecule has 0 amide bonds. The maximum absolute atomic E-state index is 14.1. The summed E-state index contributed by atoms with van der Waals surface area (Å²) in [6.45, 7) is 9.43. The maximum atomic E-state index is 14.1. The van der Waals surface area contributed by atoms with Crippen LogP contribution >= 0.6 is 0 Å². The Morgan fingerprint density at radius 3 is 2.56 bits per heavy atom. The van der Waals surface area contributed by atoms with Crippen LogP contribution in [0.2, 0.25) is 0 Å². The number of pyridine rings is 1. The highest BCUT2D eigenvalue weighted by atomic mass is 32.2. The number of sulfonamides is 1. The first kappa shape index (κ1) is 33.1. The van der Waals surface area contributed by atoms with Gasteiger partial charge < -0.3 is 23.9 Å². The van der Waals surface area contributed by atoms with Crippen molar-refractivity contribution in [2.45, 2.75) is 38.0 Å². The van der Waals surface area contributed by atoms with Gasteiger partial charge in [0.15, 0.2) is 0 Å². The quantitative estimate of drug-likeness (QED) is 0.227. The van der Waals surface area contributed by atoms with Gasteiger partial charge in [-0.3, -0.25) is 14.4 Å². The maximum Gasteiger partial charge on any atom is 0.274 e. The molecule has 1 aliphatic heterocycles. The van der Waals surface area contributed by atoms with E-state index in [4.69, 9.17) is 18.9 Å². The van der Waals surface area contributed by atoms with E-state index in [1.165, 1.54) is 4.31 Å². The van der Waals surface area contributed by atoms with Gasteiger partial charge >= 0.3 is 0 Å². The molecule has 0 radical (unpaired) electrons. The molecule has 2 aromatic heterocycles. The van der Waals surface area contributed by atoms with Crippen LogP contribution in [0.15, 0.2) is 34.0 Å². The summed E-state index contributed by atoms with van der Waals surface area (Å²) < 4.78 is 53.5. The molecule has 1 aromatic carbocycles. The first-order valence-corrected chi connectivity index (χ1v) is 16.5. The number of nitrogens with one attached hydrogen (secondary N) is 1. The summed E-state index contributed by atoms with van der Waals surface area (Å²) in [5.74, 6) is 0.500. The smallest absolute Gasteiger partial charge is 0.274 e. The van der Waals surface area contributed by atoms with Crippen LogP contribution in [0.4, 0.5) is 0 Å². The number of aromatic amines is 1. The first-order valence-electron chi connectivity index (χ1n) is 15.0. The number of ether oxygens (including phenoxy) is 4. The largest absolute Gasteiger partial charge is 0.493 e. The lowest BCUT2D eigenvalue weighted by atomic mass is 10.1. The zero-order valence-electron chi connectivity index (χ0n) is 25.8. The Balaban J connectivity index is 1.72. The lowest BCUT2D eigenvalue weighted by molar-refractivity contribution is 0.0342. The fraction of sp³-hybridized carbons (Fsp3) is 0.600. The molecule has 3 heterocycles. The van der Waals surface area contributed by atoms with Crippen molar-refractivity contribution >= 4 is 20.9 Å². The van der Waals surface area contributed by atoms with Crippen LogP contribution in [0, 0.1) is 0 Å². The molecule has 0 spiro atoms. The molecule has 3 aromatic rings. The van der Waals surface area contributed by atoms with Gasteiger partial charge in [-0.1, -0.05) is 20.3 Å². The zero-order valence-corrected chi connectivity index (χ0v) is 26.6. The molecule has 0 atom stereocenters. The predicted molar refractivity (Wildman–Crippen MR) is 165 cm³/mol. The molecule has 1 aliphatic rings. The van der Waals surface area contributed by atoms with Gasteiger partial charge in [0.2, 0.25) is 10.0 Å². The fourth-order valence-corrected chi connectivity index (χ4v) is 6.59. The van der Waals surface area contributed by atoms with Gasteiger partial charge in [-0.25, -0.2) is 8.42 Å². The minimum absolute atomic E-state index is 0.117. The van der Waals surface area contributed by atoms with E-state index < -0.39 is 10.0 Å². The molecule has 0 saturated carbocycles. The minimum Gasteiger partial charge on any atom is -0.493 e. The van der Waals surface area contributed by atoms with Gasteiger partial charge in [-0.2, -0.15) is 9.40 Å². The second kappa shape index (κ2) is 15.8. The molecule has 0 unspecified atom stereocenters. The van der Waals surface area contributed by atoms with Gasteiger partial charge in [0, 0.05) is 57.8 Å². The first-order chi connectivity index (χ1) is 20.8. The Morgan fingerprint density at radius 1 is 1.05 bits per heavy atom.